The number of ether oxygens (including phenoxy) is 2. The Balaban J connectivity index is 1.86. The number of halogens is 2. The zero-order chi connectivity index (χ0) is 18.3. The van der Waals surface area contributed by atoms with Gasteiger partial charge in [-0.1, -0.05) is 28.1 Å². The van der Waals surface area contributed by atoms with E-state index in [1.165, 1.54) is 52.4 Å². The first-order valence-corrected chi connectivity index (χ1v) is 10.9. The van der Waals surface area contributed by atoms with Crippen LogP contribution in [0.3, 0.4) is 0 Å². The predicted molar refractivity (Wildman–Crippen MR) is 113 cm³/mol. The van der Waals surface area contributed by atoms with Gasteiger partial charge in [0.25, 0.3) is 0 Å². The highest BCUT2D eigenvalue weighted by atomic mass is 79.9. The number of aryl methyl sites for hydroxylation is 2. The molecule has 0 aromatic heterocycles. The Hall–Kier alpha value is -1.00. The molecule has 2 nitrogen and oxygen atoms in total. The zero-order valence-corrected chi connectivity index (χ0v) is 18.5. The van der Waals surface area contributed by atoms with E-state index in [1.807, 2.05) is 0 Å². The molecule has 0 radical (unpaired) electrons. The molecule has 4 rings (SSSR count). The lowest BCUT2D eigenvalue weighted by molar-refractivity contribution is 0.315. The predicted octanol–water partition coefficient (Wildman–Crippen LogP) is 6.77. The first-order chi connectivity index (χ1) is 12.6. The topological polar surface area (TPSA) is 18.5 Å². The largest absolute Gasteiger partial charge is 0.496 e. The second kappa shape index (κ2) is 7.55. The van der Waals surface area contributed by atoms with Gasteiger partial charge in [0.15, 0.2) is 0 Å². The van der Waals surface area contributed by atoms with Crippen LogP contribution in [-0.2, 0) is 12.8 Å². The molecule has 1 fully saturated rings. The third-order valence-electron chi connectivity index (χ3n) is 5.97. The van der Waals surface area contributed by atoms with Gasteiger partial charge in [0.1, 0.15) is 11.5 Å². The fourth-order valence-electron chi connectivity index (χ4n) is 4.47. The third kappa shape index (κ3) is 3.20. The van der Waals surface area contributed by atoms with Crippen molar-refractivity contribution >= 4 is 31.9 Å². The van der Waals surface area contributed by atoms with Crippen LogP contribution < -0.4 is 9.47 Å². The minimum absolute atomic E-state index is 0.489. The van der Waals surface area contributed by atoms with Crippen LogP contribution in [0.2, 0.25) is 0 Å². The Kier molecular flexibility index (Phi) is 5.34. The summed E-state index contributed by atoms with van der Waals surface area (Å²) in [7, 11) is 3.55. The highest BCUT2D eigenvalue weighted by Crippen LogP contribution is 2.55. The van der Waals surface area contributed by atoms with Crippen molar-refractivity contribution in [2.24, 2.45) is 0 Å². The van der Waals surface area contributed by atoms with Crippen LogP contribution in [0.25, 0.3) is 0 Å². The second-order valence-corrected chi connectivity index (χ2v) is 9.09. The van der Waals surface area contributed by atoms with E-state index in [-0.39, 0.29) is 0 Å². The number of hydrogen-bond donors (Lipinski definition) is 0. The maximum Gasteiger partial charge on any atom is 0.136 e. The summed E-state index contributed by atoms with van der Waals surface area (Å²) in [5.41, 5.74) is 5.52. The number of hydrogen-bond acceptors (Lipinski definition) is 2. The van der Waals surface area contributed by atoms with Crippen molar-refractivity contribution in [1.82, 2.24) is 0 Å². The Morgan fingerprint density at radius 2 is 1.54 bits per heavy atom. The van der Waals surface area contributed by atoms with Gasteiger partial charge in [-0.15, -0.1) is 0 Å². The normalized spacial score (nSPS) is 21.7. The van der Waals surface area contributed by atoms with Crippen LogP contribution in [0.4, 0.5) is 0 Å². The Morgan fingerprint density at radius 1 is 0.808 bits per heavy atom. The van der Waals surface area contributed by atoms with Gasteiger partial charge in [-0.2, -0.15) is 0 Å². The molecule has 1 saturated carbocycles. The molecule has 2 atom stereocenters. The summed E-state index contributed by atoms with van der Waals surface area (Å²) in [5.74, 6) is 2.98. The molecule has 2 aromatic rings. The summed E-state index contributed by atoms with van der Waals surface area (Å²) in [4.78, 5) is 0. The van der Waals surface area contributed by atoms with E-state index in [0.29, 0.717) is 11.8 Å². The van der Waals surface area contributed by atoms with Gasteiger partial charge in [-0.3, -0.25) is 0 Å². The molecule has 138 valence electrons. The first kappa shape index (κ1) is 18.4. The van der Waals surface area contributed by atoms with E-state index in [1.54, 1.807) is 14.2 Å². The highest BCUT2D eigenvalue weighted by molar-refractivity contribution is 9.10. The maximum absolute atomic E-state index is 5.78. The summed E-state index contributed by atoms with van der Waals surface area (Å²) >= 11 is 7.49. The van der Waals surface area contributed by atoms with E-state index in [2.05, 4.69) is 56.1 Å². The lowest BCUT2D eigenvalue weighted by atomic mass is 9.66. The molecule has 2 aliphatic carbocycles. The standard InChI is InChI=1S/C22H24Br2O2/c1-25-21-12-19(23)14-6-4-3-5-13-9-18(22(26-2)20(24)10-13)16-8-7-15(16)17(21)11-14/h9-12,15-16H,3-8H2,1-2H3. The van der Waals surface area contributed by atoms with Crippen LogP contribution in [0.5, 0.6) is 11.5 Å². The minimum atomic E-state index is 0.489. The minimum Gasteiger partial charge on any atom is -0.496 e. The van der Waals surface area contributed by atoms with Gasteiger partial charge < -0.3 is 9.47 Å². The second-order valence-electron chi connectivity index (χ2n) is 7.38. The molecule has 4 bridgehead atoms. The van der Waals surface area contributed by atoms with E-state index < -0.39 is 0 Å². The average Bonchev–Trinajstić information content (AvgIpc) is 2.59. The Labute approximate surface area is 172 Å². The number of fused-ring (bicyclic) bond motifs is 7. The molecule has 0 heterocycles. The molecular weight excluding hydrogens is 456 g/mol. The molecule has 0 aliphatic heterocycles. The lowest BCUT2D eigenvalue weighted by Crippen LogP contribution is -2.23. The van der Waals surface area contributed by atoms with Crippen molar-refractivity contribution in [3.63, 3.8) is 0 Å². The van der Waals surface area contributed by atoms with E-state index in [0.717, 1.165) is 28.8 Å². The van der Waals surface area contributed by atoms with Crippen LogP contribution >= 0.6 is 31.9 Å². The molecule has 26 heavy (non-hydrogen) atoms. The van der Waals surface area contributed by atoms with E-state index in [9.17, 15) is 0 Å². The monoisotopic (exact) mass is 478 g/mol. The van der Waals surface area contributed by atoms with Crippen LogP contribution in [0.1, 0.15) is 59.8 Å². The summed E-state index contributed by atoms with van der Waals surface area (Å²) in [6, 6.07) is 9.16. The molecular formula is C22H24Br2O2. The highest BCUT2D eigenvalue weighted by Gasteiger charge is 2.37. The van der Waals surface area contributed by atoms with Crippen molar-refractivity contribution in [2.45, 2.75) is 50.4 Å². The van der Waals surface area contributed by atoms with Crippen LogP contribution in [0.15, 0.2) is 33.2 Å². The zero-order valence-electron chi connectivity index (χ0n) is 15.3. The van der Waals surface area contributed by atoms with Crippen molar-refractivity contribution in [3.05, 3.63) is 55.5 Å². The Bertz CT molecular complexity index is 831. The molecule has 2 aliphatic rings. The van der Waals surface area contributed by atoms with Gasteiger partial charge in [-0.05, 0) is 101 Å². The quantitative estimate of drug-likeness (QED) is 0.473. The van der Waals surface area contributed by atoms with Gasteiger partial charge in [-0.25, -0.2) is 0 Å². The lowest BCUT2D eigenvalue weighted by Gasteiger charge is -2.39. The fourth-order valence-corrected chi connectivity index (χ4v) is 5.68. The third-order valence-corrected chi connectivity index (χ3v) is 7.30. The molecule has 0 saturated heterocycles. The molecule has 2 unspecified atom stereocenters. The van der Waals surface area contributed by atoms with Crippen molar-refractivity contribution in [2.75, 3.05) is 14.2 Å². The average molecular weight is 480 g/mol. The van der Waals surface area contributed by atoms with Crippen LogP contribution in [0, 0.1) is 0 Å². The molecule has 2 aromatic carbocycles. The number of benzene rings is 2. The summed E-state index contributed by atoms with van der Waals surface area (Å²) < 4.78 is 13.8. The van der Waals surface area contributed by atoms with Crippen molar-refractivity contribution in [3.8, 4) is 11.5 Å². The fraction of sp³-hybridized carbons (Fsp3) is 0.455. The van der Waals surface area contributed by atoms with Gasteiger partial charge in [0, 0.05) is 4.47 Å². The molecule has 4 heteroatoms. The molecule has 0 amide bonds. The smallest absolute Gasteiger partial charge is 0.136 e. The Morgan fingerprint density at radius 3 is 2.23 bits per heavy atom. The summed E-state index contributed by atoms with van der Waals surface area (Å²) in [6.45, 7) is 0. The first-order valence-electron chi connectivity index (χ1n) is 9.35. The van der Waals surface area contributed by atoms with E-state index >= 15 is 0 Å². The van der Waals surface area contributed by atoms with Crippen LogP contribution in [-0.4, -0.2) is 14.2 Å². The van der Waals surface area contributed by atoms with Gasteiger partial charge >= 0.3 is 0 Å². The molecule has 0 N–H and O–H groups in total. The SMILES string of the molecule is COc1cc(Br)c2cc1C1CCC1c1cc(cc(Br)c1OC)CCCC2. The number of rotatable bonds is 2. The van der Waals surface area contributed by atoms with Crippen molar-refractivity contribution < 1.29 is 9.47 Å². The maximum atomic E-state index is 5.78. The van der Waals surface area contributed by atoms with E-state index in [4.69, 9.17) is 9.47 Å². The van der Waals surface area contributed by atoms with Crippen molar-refractivity contribution in [1.29, 1.82) is 0 Å². The summed E-state index contributed by atoms with van der Waals surface area (Å²) in [6.07, 6.45) is 7.02. The summed E-state index contributed by atoms with van der Waals surface area (Å²) in [5, 5.41) is 0. The molecule has 0 spiro atoms. The number of methoxy groups -OCH3 is 2. The van der Waals surface area contributed by atoms with Gasteiger partial charge in [0.2, 0.25) is 0 Å². The van der Waals surface area contributed by atoms with Gasteiger partial charge in [0.05, 0.1) is 18.7 Å².